The molecule has 0 aromatic carbocycles. The maximum atomic E-state index is 12.2. The molecule has 0 radical (unpaired) electrons. The van der Waals surface area contributed by atoms with Gasteiger partial charge in [0.2, 0.25) is 5.91 Å². The Balaban J connectivity index is 0.000000227. The lowest BCUT2D eigenvalue weighted by Crippen LogP contribution is -2.41. The van der Waals surface area contributed by atoms with Gasteiger partial charge in [-0.3, -0.25) is 9.59 Å². The van der Waals surface area contributed by atoms with Gasteiger partial charge in [-0.15, -0.1) is 0 Å². The SMILES string of the molecule is CCC(=O)N1CC(C2CCCCC2)CC1C.COC(CCCCN)C(=O)N1CCCC1C. The van der Waals surface area contributed by atoms with E-state index in [-0.39, 0.29) is 12.0 Å². The summed E-state index contributed by atoms with van der Waals surface area (Å²) in [4.78, 5) is 28.0. The Hall–Kier alpha value is -1.14. The monoisotopic (exact) mass is 451 g/mol. The first kappa shape index (κ1) is 27.1. The minimum Gasteiger partial charge on any atom is -0.372 e. The van der Waals surface area contributed by atoms with E-state index in [9.17, 15) is 9.59 Å². The Morgan fingerprint density at radius 2 is 1.69 bits per heavy atom. The van der Waals surface area contributed by atoms with Gasteiger partial charge in [-0.25, -0.2) is 0 Å². The van der Waals surface area contributed by atoms with Crippen LogP contribution in [-0.2, 0) is 14.3 Å². The van der Waals surface area contributed by atoms with E-state index in [1.54, 1.807) is 7.11 Å². The van der Waals surface area contributed by atoms with E-state index in [1.807, 2.05) is 11.8 Å². The zero-order valence-electron chi connectivity index (χ0n) is 21.2. The number of ether oxygens (including phenoxy) is 1. The summed E-state index contributed by atoms with van der Waals surface area (Å²) in [5.74, 6) is 2.21. The first-order chi connectivity index (χ1) is 15.4. The van der Waals surface area contributed by atoms with Crippen molar-refractivity contribution in [1.82, 2.24) is 9.80 Å². The van der Waals surface area contributed by atoms with Gasteiger partial charge in [-0.1, -0.05) is 39.0 Å². The van der Waals surface area contributed by atoms with Gasteiger partial charge in [0.1, 0.15) is 6.10 Å². The first-order valence-electron chi connectivity index (χ1n) is 13.3. The number of likely N-dealkylation sites (tertiary alicyclic amines) is 2. The zero-order valence-corrected chi connectivity index (χ0v) is 21.2. The van der Waals surface area contributed by atoms with Crippen LogP contribution in [-0.4, -0.2) is 66.5 Å². The zero-order chi connectivity index (χ0) is 23.5. The van der Waals surface area contributed by atoms with Crippen molar-refractivity contribution in [3.63, 3.8) is 0 Å². The highest BCUT2D eigenvalue weighted by molar-refractivity contribution is 5.81. The fourth-order valence-corrected chi connectivity index (χ4v) is 5.83. The molecule has 6 nitrogen and oxygen atoms in total. The summed E-state index contributed by atoms with van der Waals surface area (Å²) in [6, 6.07) is 0.860. The van der Waals surface area contributed by atoms with E-state index < -0.39 is 0 Å². The molecule has 186 valence electrons. The van der Waals surface area contributed by atoms with Gasteiger partial charge in [0.25, 0.3) is 5.91 Å². The molecule has 0 aromatic heterocycles. The minimum absolute atomic E-state index is 0.157. The van der Waals surface area contributed by atoms with Crippen LogP contribution in [0.15, 0.2) is 0 Å². The average molecular weight is 452 g/mol. The fraction of sp³-hybridized carbons (Fsp3) is 0.923. The first-order valence-corrected chi connectivity index (χ1v) is 13.3. The van der Waals surface area contributed by atoms with Crippen molar-refractivity contribution in [3.05, 3.63) is 0 Å². The van der Waals surface area contributed by atoms with Crippen LogP contribution in [0, 0.1) is 11.8 Å². The summed E-state index contributed by atoms with van der Waals surface area (Å²) in [6.45, 7) is 8.91. The number of unbranched alkanes of at least 4 members (excludes halogenated alkanes) is 1. The number of carbonyl (C=O) groups excluding carboxylic acids is 2. The summed E-state index contributed by atoms with van der Waals surface area (Å²) < 4.78 is 5.29. The van der Waals surface area contributed by atoms with Gasteiger partial charge in [0, 0.05) is 38.7 Å². The molecule has 2 heterocycles. The van der Waals surface area contributed by atoms with Crippen molar-refractivity contribution in [2.45, 2.75) is 116 Å². The maximum absolute atomic E-state index is 12.2. The number of methoxy groups -OCH3 is 1. The minimum atomic E-state index is -0.271. The van der Waals surface area contributed by atoms with E-state index in [2.05, 4.69) is 18.7 Å². The Bertz CT molecular complexity index is 565. The molecule has 2 aliphatic heterocycles. The number of hydrogen-bond acceptors (Lipinski definition) is 4. The summed E-state index contributed by atoms with van der Waals surface area (Å²) in [5, 5.41) is 0. The van der Waals surface area contributed by atoms with Crippen molar-refractivity contribution in [1.29, 1.82) is 0 Å². The lowest BCUT2D eigenvalue weighted by molar-refractivity contribution is -0.143. The van der Waals surface area contributed by atoms with Crippen LogP contribution < -0.4 is 5.73 Å². The van der Waals surface area contributed by atoms with E-state index >= 15 is 0 Å². The van der Waals surface area contributed by atoms with Crippen molar-refractivity contribution in [3.8, 4) is 0 Å². The van der Waals surface area contributed by atoms with Crippen LogP contribution in [0.25, 0.3) is 0 Å². The molecule has 2 N–H and O–H groups in total. The molecule has 1 saturated carbocycles. The van der Waals surface area contributed by atoms with E-state index in [0.717, 1.165) is 57.0 Å². The molecule has 0 spiro atoms. The second kappa shape index (κ2) is 14.2. The van der Waals surface area contributed by atoms with Crippen LogP contribution in [0.1, 0.15) is 97.8 Å². The van der Waals surface area contributed by atoms with Crippen LogP contribution in [0.4, 0.5) is 0 Å². The third-order valence-electron chi connectivity index (χ3n) is 7.86. The normalized spacial score (nSPS) is 27.2. The predicted molar refractivity (Wildman–Crippen MR) is 130 cm³/mol. The predicted octanol–water partition coefficient (Wildman–Crippen LogP) is 4.36. The molecule has 3 fully saturated rings. The van der Waals surface area contributed by atoms with Crippen LogP contribution in [0.2, 0.25) is 0 Å². The van der Waals surface area contributed by atoms with E-state index in [1.165, 1.54) is 38.5 Å². The van der Waals surface area contributed by atoms with Crippen molar-refractivity contribution in [2.24, 2.45) is 17.6 Å². The number of rotatable bonds is 8. The van der Waals surface area contributed by atoms with Gasteiger partial charge in [-0.2, -0.15) is 0 Å². The second-order valence-corrected chi connectivity index (χ2v) is 10.2. The van der Waals surface area contributed by atoms with E-state index in [4.69, 9.17) is 10.5 Å². The molecule has 2 saturated heterocycles. The highest BCUT2D eigenvalue weighted by Gasteiger charge is 2.36. The topological polar surface area (TPSA) is 75.9 Å². The molecule has 6 heteroatoms. The van der Waals surface area contributed by atoms with Crippen molar-refractivity contribution < 1.29 is 14.3 Å². The molecule has 3 aliphatic rings. The molecule has 32 heavy (non-hydrogen) atoms. The fourth-order valence-electron chi connectivity index (χ4n) is 5.83. The van der Waals surface area contributed by atoms with Crippen molar-refractivity contribution >= 4 is 11.8 Å². The van der Waals surface area contributed by atoms with Gasteiger partial charge >= 0.3 is 0 Å². The largest absolute Gasteiger partial charge is 0.372 e. The molecule has 1 aliphatic carbocycles. The Kier molecular flexibility index (Phi) is 12.0. The van der Waals surface area contributed by atoms with Gasteiger partial charge in [0.15, 0.2) is 0 Å². The summed E-state index contributed by atoms with van der Waals surface area (Å²) >= 11 is 0. The number of amides is 2. The van der Waals surface area contributed by atoms with Gasteiger partial charge in [0.05, 0.1) is 0 Å². The maximum Gasteiger partial charge on any atom is 0.251 e. The third kappa shape index (κ3) is 7.72. The van der Waals surface area contributed by atoms with Crippen LogP contribution in [0.5, 0.6) is 0 Å². The highest BCUT2D eigenvalue weighted by atomic mass is 16.5. The van der Waals surface area contributed by atoms with Crippen LogP contribution in [0.3, 0.4) is 0 Å². The molecule has 2 amide bonds. The molecule has 0 bridgehead atoms. The number of carbonyl (C=O) groups is 2. The summed E-state index contributed by atoms with van der Waals surface area (Å²) in [6.07, 6.45) is 13.7. The summed E-state index contributed by atoms with van der Waals surface area (Å²) in [7, 11) is 1.62. The molecule has 3 rings (SSSR count). The third-order valence-corrected chi connectivity index (χ3v) is 7.86. The molecular weight excluding hydrogens is 402 g/mol. The number of hydrogen-bond donors (Lipinski definition) is 1. The molecular formula is C26H49N3O3. The number of nitrogens with zero attached hydrogens (tertiary/aromatic N) is 2. The summed E-state index contributed by atoms with van der Waals surface area (Å²) in [5.41, 5.74) is 5.44. The molecule has 4 atom stereocenters. The lowest BCUT2D eigenvalue weighted by atomic mass is 9.79. The molecule has 0 aromatic rings. The van der Waals surface area contributed by atoms with E-state index in [0.29, 0.717) is 31.0 Å². The van der Waals surface area contributed by atoms with Gasteiger partial charge in [-0.05, 0) is 70.8 Å². The highest BCUT2D eigenvalue weighted by Crippen LogP contribution is 2.37. The lowest BCUT2D eigenvalue weighted by Gasteiger charge is -2.27. The standard InChI is InChI=1S/C14H25NO.C12H24N2O2/c1-3-14(16)15-10-13(9-11(15)2)12-7-5-4-6-8-12;1-10-6-5-9-14(10)12(15)11(16-2)7-3-4-8-13/h11-13H,3-10H2,1-2H3;10-11H,3-9,13H2,1-2H3. The van der Waals surface area contributed by atoms with Crippen molar-refractivity contribution in [2.75, 3.05) is 26.7 Å². The quantitative estimate of drug-likeness (QED) is 0.557. The smallest absolute Gasteiger partial charge is 0.251 e. The van der Waals surface area contributed by atoms with Gasteiger partial charge < -0.3 is 20.3 Å². The Labute approximate surface area is 196 Å². The van der Waals surface area contributed by atoms with Crippen LogP contribution >= 0.6 is 0 Å². The second-order valence-electron chi connectivity index (χ2n) is 10.2. The molecule has 4 unspecified atom stereocenters. The number of nitrogens with two attached hydrogens (primary N) is 1. The Morgan fingerprint density at radius 1 is 0.969 bits per heavy atom. The Morgan fingerprint density at radius 3 is 2.25 bits per heavy atom. The average Bonchev–Trinajstić information content (AvgIpc) is 3.42.